The van der Waals surface area contributed by atoms with Crippen molar-refractivity contribution < 1.29 is 10.2 Å². The molecule has 0 aromatic heterocycles. The van der Waals surface area contributed by atoms with Gasteiger partial charge in [-0.3, -0.25) is 0 Å². The zero-order valence-corrected chi connectivity index (χ0v) is 11.0. The molecule has 0 spiro atoms. The van der Waals surface area contributed by atoms with Crippen molar-refractivity contribution in [3.8, 4) is 11.5 Å². The highest BCUT2D eigenvalue weighted by molar-refractivity contribution is 7.80. The summed E-state index contributed by atoms with van der Waals surface area (Å²) >= 11 is 5.39. The Balaban J connectivity index is 2.12. The van der Waals surface area contributed by atoms with E-state index in [2.05, 4.69) is 11.5 Å². The summed E-state index contributed by atoms with van der Waals surface area (Å²) in [6, 6.07) is 3.28. The zero-order chi connectivity index (χ0) is 13.1. The minimum absolute atomic E-state index is 0.0450. The van der Waals surface area contributed by atoms with Gasteiger partial charge < -0.3 is 15.1 Å². The summed E-state index contributed by atoms with van der Waals surface area (Å²) < 4.78 is 0. The van der Waals surface area contributed by atoms with Crippen LogP contribution in [0.25, 0.3) is 0 Å². The summed E-state index contributed by atoms with van der Waals surface area (Å²) in [6.07, 6.45) is 4.45. The molecule has 0 bridgehead atoms. The number of phenols is 2. The van der Waals surface area contributed by atoms with Crippen LogP contribution in [0, 0.1) is 0 Å². The molecule has 0 saturated heterocycles. The topological polar surface area (TPSA) is 43.7 Å². The average Bonchev–Trinajstić information content (AvgIpc) is 2.36. The first-order valence-corrected chi connectivity index (χ1v) is 6.45. The van der Waals surface area contributed by atoms with Crippen molar-refractivity contribution in [2.75, 3.05) is 6.54 Å². The van der Waals surface area contributed by atoms with E-state index in [0.29, 0.717) is 6.54 Å². The van der Waals surface area contributed by atoms with Gasteiger partial charge in [-0.15, -0.1) is 6.58 Å². The van der Waals surface area contributed by atoms with Crippen molar-refractivity contribution in [2.45, 2.75) is 25.8 Å². The third-order valence-corrected chi connectivity index (χ3v) is 3.69. The number of hydrogen-bond donors (Lipinski definition) is 2. The van der Waals surface area contributed by atoms with Crippen molar-refractivity contribution in [1.82, 2.24) is 4.90 Å². The lowest BCUT2D eigenvalue weighted by Gasteiger charge is -2.31. The van der Waals surface area contributed by atoms with Crippen LogP contribution < -0.4 is 0 Å². The Labute approximate surface area is 112 Å². The first kappa shape index (κ1) is 12.9. The van der Waals surface area contributed by atoms with Crippen LogP contribution in [-0.2, 0) is 13.0 Å². The minimum atomic E-state index is -0.0624. The van der Waals surface area contributed by atoms with Crippen LogP contribution in [0.2, 0.25) is 0 Å². The van der Waals surface area contributed by atoms with E-state index < -0.39 is 0 Å². The molecule has 1 aliphatic rings. The second-order valence-electron chi connectivity index (χ2n) is 4.50. The third kappa shape index (κ3) is 2.64. The molecule has 18 heavy (non-hydrogen) atoms. The van der Waals surface area contributed by atoms with Crippen LogP contribution in [0.3, 0.4) is 0 Å². The quantitative estimate of drug-likeness (QED) is 0.500. The van der Waals surface area contributed by atoms with Crippen molar-refractivity contribution in [2.24, 2.45) is 0 Å². The van der Waals surface area contributed by atoms with E-state index in [4.69, 9.17) is 12.2 Å². The predicted molar refractivity (Wildman–Crippen MR) is 75.9 cm³/mol. The lowest BCUT2D eigenvalue weighted by molar-refractivity contribution is 0.378. The Kier molecular flexibility index (Phi) is 3.87. The van der Waals surface area contributed by atoms with Crippen molar-refractivity contribution in [3.05, 3.63) is 35.9 Å². The van der Waals surface area contributed by atoms with Crippen molar-refractivity contribution in [3.63, 3.8) is 0 Å². The standard InChI is InChI=1S/C14H17NO2S/c1-2-3-4-14(18)15-6-5-10-7-12(16)13(17)8-11(10)9-15/h2,7-8,16-17H,1,3-6,9H2. The summed E-state index contributed by atoms with van der Waals surface area (Å²) in [7, 11) is 0. The fourth-order valence-electron chi connectivity index (χ4n) is 2.18. The van der Waals surface area contributed by atoms with E-state index in [0.717, 1.165) is 41.9 Å². The van der Waals surface area contributed by atoms with Gasteiger partial charge in [-0.2, -0.15) is 0 Å². The molecule has 0 fully saturated rings. The molecule has 2 rings (SSSR count). The number of aromatic hydroxyl groups is 2. The van der Waals surface area contributed by atoms with Crippen LogP contribution in [0.4, 0.5) is 0 Å². The Bertz CT molecular complexity index is 485. The van der Waals surface area contributed by atoms with Gasteiger partial charge in [0.2, 0.25) is 0 Å². The predicted octanol–water partition coefficient (Wildman–Crippen LogP) is 2.75. The maximum absolute atomic E-state index is 9.53. The van der Waals surface area contributed by atoms with E-state index in [9.17, 15) is 10.2 Å². The molecule has 0 radical (unpaired) electrons. The van der Waals surface area contributed by atoms with Gasteiger partial charge in [0.15, 0.2) is 11.5 Å². The van der Waals surface area contributed by atoms with Crippen molar-refractivity contribution in [1.29, 1.82) is 0 Å². The maximum Gasteiger partial charge on any atom is 0.157 e. The van der Waals surface area contributed by atoms with Gasteiger partial charge in [-0.25, -0.2) is 0 Å². The van der Waals surface area contributed by atoms with E-state index in [1.807, 2.05) is 6.08 Å². The molecule has 0 atom stereocenters. The molecule has 1 heterocycles. The Morgan fingerprint density at radius 2 is 2.00 bits per heavy atom. The fraction of sp³-hybridized carbons (Fsp3) is 0.357. The normalized spacial score (nSPS) is 14.1. The molecule has 2 N–H and O–H groups in total. The number of allylic oxidation sites excluding steroid dienone is 1. The molecule has 0 saturated carbocycles. The maximum atomic E-state index is 9.53. The van der Waals surface area contributed by atoms with E-state index in [1.165, 1.54) is 0 Å². The lowest BCUT2D eigenvalue weighted by Crippen LogP contribution is -2.34. The second-order valence-corrected chi connectivity index (χ2v) is 4.97. The summed E-state index contributed by atoms with van der Waals surface area (Å²) in [6.45, 7) is 5.27. The van der Waals surface area contributed by atoms with Crippen LogP contribution in [0.5, 0.6) is 11.5 Å². The number of hydrogen-bond acceptors (Lipinski definition) is 3. The number of benzene rings is 1. The van der Waals surface area contributed by atoms with E-state index >= 15 is 0 Å². The molecule has 0 aliphatic carbocycles. The molecule has 3 nitrogen and oxygen atoms in total. The van der Waals surface area contributed by atoms with Gasteiger partial charge >= 0.3 is 0 Å². The SMILES string of the molecule is C=CCCC(=S)N1CCc2cc(O)c(O)cc2C1. The highest BCUT2D eigenvalue weighted by atomic mass is 32.1. The van der Waals surface area contributed by atoms with Gasteiger partial charge in [0.25, 0.3) is 0 Å². The van der Waals surface area contributed by atoms with Crippen LogP contribution in [0.1, 0.15) is 24.0 Å². The fourth-order valence-corrected chi connectivity index (χ4v) is 2.45. The smallest absolute Gasteiger partial charge is 0.157 e. The van der Waals surface area contributed by atoms with E-state index in [1.54, 1.807) is 12.1 Å². The van der Waals surface area contributed by atoms with Gasteiger partial charge in [-0.1, -0.05) is 18.3 Å². The molecule has 1 aliphatic heterocycles. The molecule has 1 aromatic rings. The molecule has 4 heteroatoms. The number of rotatable bonds is 3. The van der Waals surface area contributed by atoms with Crippen LogP contribution >= 0.6 is 12.2 Å². The Morgan fingerprint density at radius 3 is 2.67 bits per heavy atom. The highest BCUT2D eigenvalue weighted by Gasteiger charge is 2.19. The van der Waals surface area contributed by atoms with Gasteiger partial charge in [0, 0.05) is 19.5 Å². The minimum Gasteiger partial charge on any atom is -0.504 e. The Morgan fingerprint density at radius 1 is 1.33 bits per heavy atom. The van der Waals surface area contributed by atoms with E-state index in [-0.39, 0.29) is 11.5 Å². The van der Waals surface area contributed by atoms with Gasteiger partial charge in [0.1, 0.15) is 0 Å². The zero-order valence-electron chi connectivity index (χ0n) is 10.2. The molecule has 1 aromatic carbocycles. The second kappa shape index (κ2) is 5.40. The molecular weight excluding hydrogens is 246 g/mol. The highest BCUT2D eigenvalue weighted by Crippen LogP contribution is 2.31. The third-order valence-electron chi connectivity index (χ3n) is 3.22. The molecular formula is C14H17NO2S. The summed E-state index contributed by atoms with van der Waals surface area (Å²) in [5.41, 5.74) is 2.13. The van der Waals surface area contributed by atoms with Crippen LogP contribution in [-0.4, -0.2) is 26.6 Å². The van der Waals surface area contributed by atoms with Crippen LogP contribution in [0.15, 0.2) is 24.8 Å². The Hall–Kier alpha value is -1.55. The monoisotopic (exact) mass is 263 g/mol. The first-order valence-electron chi connectivity index (χ1n) is 6.04. The number of nitrogens with zero attached hydrogens (tertiary/aromatic N) is 1. The number of thiocarbonyl (C=S) groups is 1. The number of phenolic OH excluding ortho intramolecular Hbond substituents is 2. The molecule has 0 amide bonds. The lowest BCUT2D eigenvalue weighted by atomic mass is 9.98. The summed E-state index contributed by atoms with van der Waals surface area (Å²) in [5, 5.41) is 19.0. The average molecular weight is 263 g/mol. The summed E-state index contributed by atoms with van der Waals surface area (Å²) in [5.74, 6) is -0.107. The van der Waals surface area contributed by atoms with Gasteiger partial charge in [-0.05, 0) is 36.1 Å². The summed E-state index contributed by atoms with van der Waals surface area (Å²) in [4.78, 5) is 3.09. The first-order chi connectivity index (χ1) is 8.61. The largest absolute Gasteiger partial charge is 0.504 e. The molecule has 0 unspecified atom stereocenters. The number of fused-ring (bicyclic) bond motifs is 1. The van der Waals surface area contributed by atoms with Crippen molar-refractivity contribution >= 4 is 17.2 Å². The van der Waals surface area contributed by atoms with Gasteiger partial charge in [0.05, 0.1) is 4.99 Å². The molecule has 96 valence electrons.